The van der Waals surface area contributed by atoms with E-state index < -0.39 is 6.61 Å². The van der Waals surface area contributed by atoms with Crippen molar-refractivity contribution in [3.8, 4) is 17.1 Å². The fourth-order valence-corrected chi connectivity index (χ4v) is 4.62. The number of thioether (sulfide) groups is 1. The number of hydrogen-bond acceptors (Lipinski definition) is 7. The standard InChI is InChI=1S/C24H18F2N6O2S/c1-15(21-28-29-30-32(21)17-7-3-2-4-8-17)35-24-27-20-10-6-5-9-19(20)22(33)31(24)16-11-13-18(14-12-16)34-23(25)26/h2-15,23H,1H3. The zero-order chi connectivity index (χ0) is 24.4. The van der Waals surface area contributed by atoms with Gasteiger partial charge in [0.1, 0.15) is 5.75 Å². The van der Waals surface area contributed by atoms with Crippen molar-refractivity contribution in [3.05, 3.63) is 95.0 Å². The number of benzene rings is 3. The number of rotatable bonds is 7. The minimum atomic E-state index is -2.94. The van der Waals surface area contributed by atoms with Crippen molar-refractivity contribution in [2.45, 2.75) is 23.9 Å². The number of ether oxygens (including phenoxy) is 1. The normalized spacial score (nSPS) is 12.2. The van der Waals surface area contributed by atoms with Crippen LogP contribution in [-0.2, 0) is 0 Å². The summed E-state index contributed by atoms with van der Waals surface area (Å²) in [6.07, 6.45) is 0. The quantitative estimate of drug-likeness (QED) is 0.238. The highest BCUT2D eigenvalue weighted by atomic mass is 32.2. The molecular formula is C24H18F2N6O2S. The molecule has 0 spiro atoms. The predicted molar refractivity (Wildman–Crippen MR) is 127 cm³/mol. The van der Waals surface area contributed by atoms with Crippen LogP contribution in [-0.4, -0.2) is 36.4 Å². The maximum absolute atomic E-state index is 13.5. The predicted octanol–water partition coefficient (Wildman–Crippen LogP) is 4.82. The largest absolute Gasteiger partial charge is 0.435 e. The smallest absolute Gasteiger partial charge is 0.387 e. The van der Waals surface area contributed by atoms with E-state index in [1.807, 2.05) is 43.3 Å². The first kappa shape index (κ1) is 22.7. The Bertz CT molecular complexity index is 1520. The molecule has 0 aliphatic rings. The van der Waals surface area contributed by atoms with Gasteiger partial charge in [0.05, 0.1) is 27.5 Å². The second kappa shape index (κ2) is 9.63. The number of hydrogen-bond donors (Lipinski definition) is 0. The van der Waals surface area contributed by atoms with E-state index in [1.54, 1.807) is 22.9 Å². The van der Waals surface area contributed by atoms with Crippen molar-refractivity contribution in [2.24, 2.45) is 0 Å². The van der Waals surface area contributed by atoms with Gasteiger partial charge in [0.15, 0.2) is 11.0 Å². The lowest BCUT2D eigenvalue weighted by molar-refractivity contribution is -0.0498. The molecule has 5 rings (SSSR count). The first-order chi connectivity index (χ1) is 17.0. The van der Waals surface area contributed by atoms with E-state index in [2.05, 4.69) is 20.3 Å². The highest BCUT2D eigenvalue weighted by Crippen LogP contribution is 2.34. The van der Waals surface area contributed by atoms with Crippen LogP contribution in [0.1, 0.15) is 18.0 Å². The maximum atomic E-state index is 13.5. The number of aromatic nitrogens is 6. The van der Waals surface area contributed by atoms with Gasteiger partial charge in [0.2, 0.25) is 0 Å². The Labute approximate surface area is 202 Å². The van der Waals surface area contributed by atoms with Gasteiger partial charge in [-0.3, -0.25) is 9.36 Å². The molecule has 8 nitrogen and oxygen atoms in total. The lowest BCUT2D eigenvalue weighted by Gasteiger charge is -2.16. The fourth-order valence-electron chi connectivity index (χ4n) is 3.61. The van der Waals surface area contributed by atoms with E-state index in [9.17, 15) is 13.6 Å². The summed E-state index contributed by atoms with van der Waals surface area (Å²) >= 11 is 1.31. The van der Waals surface area contributed by atoms with Crippen LogP contribution < -0.4 is 10.3 Å². The summed E-state index contributed by atoms with van der Waals surface area (Å²) in [5.74, 6) is 0.575. The van der Waals surface area contributed by atoms with Crippen LogP contribution in [0.2, 0.25) is 0 Å². The van der Waals surface area contributed by atoms with Crippen LogP contribution in [0, 0.1) is 0 Å². The summed E-state index contributed by atoms with van der Waals surface area (Å²) in [7, 11) is 0. The Morgan fingerprint density at radius 1 is 0.914 bits per heavy atom. The highest BCUT2D eigenvalue weighted by molar-refractivity contribution is 7.99. The lowest BCUT2D eigenvalue weighted by Crippen LogP contribution is -2.22. The summed E-state index contributed by atoms with van der Waals surface area (Å²) in [6.45, 7) is -1.02. The second-order valence-corrected chi connectivity index (χ2v) is 8.78. The molecule has 0 fully saturated rings. The molecule has 1 atom stereocenters. The zero-order valence-corrected chi connectivity index (χ0v) is 19.1. The summed E-state index contributed by atoms with van der Waals surface area (Å²) in [5, 5.41) is 12.7. The van der Waals surface area contributed by atoms with E-state index in [1.165, 1.54) is 40.6 Å². The Balaban J connectivity index is 1.58. The van der Waals surface area contributed by atoms with Gasteiger partial charge in [0.25, 0.3) is 5.56 Å². The molecule has 0 saturated carbocycles. The van der Waals surface area contributed by atoms with E-state index >= 15 is 0 Å². The molecule has 11 heteroatoms. The average molecular weight is 493 g/mol. The van der Waals surface area contributed by atoms with Gasteiger partial charge in [-0.25, -0.2) is 4.98 Å². The number of halogens is 2. The second-order valence-electron chi connectivity index (χ2n) is 7.47. The number of nitrogens with zero attached hydrogens (tertiary/aromatic N) is 6. The molecule has 0 amide bonds. The van der Waals surface area contributed by atoms with E-state index in [4.69, 9.17) is 4.98 Å². The van der Waals surface area contributed by atoms with E-state index in [0.717, 1.165) is 5.69 Å². The van der Waals surface area contributed by atoms with Crippen LogP contribution in [0.5, 0.6) is 5.75 Å². The Morgan fingerprint density at radius 3 is 2.37 bits per heavy atom. The van der Waals surface area contributed by atoms with Crippen molar-refractivity contribution < 1.29 is 13.5 Å². The Morgan fingerprint density at radius 2 is 1.63 bits per heavy atom. The van der Waals surface area contributed by atoms with Crippen LogP contribution in [0.15, 0.2) is 88.8 Å². The average Bonchev–Trinajstić information content (AvgIpc) is 3.36. The van der Waals surface area contributed by atoms with Crippen molar-refractivity contribution in [1.29, 1.82) is 0 Å². The molecule has 0 saturated heterocycles. The van der Waals surface area contributed by atoms with Crippen LogP contribution in [0.4, 0.5) is 8.78 Å². The topological polar surface area (TPSA) is 87.7 Å². The van der Waals surface area contributed by atoms with Crippen molar-refractivity contribution in [1.82, 2.24) is 29.8 Å². The zero-order valence-electron chi connectivity index (χ0n) is 18.3. The van der Waals surface area contributed by atoms with Gasteiger partial charge in [-0.15, -0.1) is 5.10 Å². The highest BCUT2D eigenvalue weighted by Gasteiger charge is 2.21. The molecule has 3 aromatic carbocycles. The molecule has 2 aromatic heterocycles. The van der Waals surface area contributed by atoms with Gasteiger partial charge in [-0.05, 0) is 65.9 Å². The van der Waals surface area contributed by atoms with Gasteiger partial charge in [-0.2, -0.15) is 13.5 Å². The molecule has 0 aliphatic heterocycles. The summed E-state index contributed by atoms with van der Waals surface area (Å²) < 4.78 is 32.7. The number of fused-ring (bicyclic) bond motifs is 1. The minimum Gasteiger partial charge on any atom is -0.435 e. The minimum absolute atomic E-state index is 0.00449. The molecule has 0 radical (unpaired) electrons. The third-order valence-corrected chi connectivity index (χ3v) is 6.25. The third kappa shape index (κ3) is 4.62. The first-order valence-electron chi connectivity index (χ1n) is 10.6. The fraction of sp³-hybridized carbons (Fsp3) is 0.125. The lowest BCUT2D eigenvalue weighted by atomic mass is 10.2. The van der Waals surface area contributed by atoms with E-state index in [0.29, 0.717) is 27.6 Å². The number of tetrazole rings is 1. The summed E-state index contributed by atoms with van der Waals surface area (Å²) in [6, 6.07) is 22.4. The molecule has 35 heavy (non-hydrogen) atoms. The molecule has 0 bridgehead atoms. The number of para-hydroxylation sites is 2. The Kier molecular flexibility index (Phi) is 6.23. The molecule has 5 aromatic rings. The Hall–Kier alpha value is -4.12. The van der Waals surface area contributed by atoms with Gasteiger partial charge in [-0.1, -0.05) is 42.1 Å². The van der Waals surface area contributed by atoms with Crippen molar-refractivity contribution >= 4 is 22.7 Å². The molecule has 1 unspecified atom stereocenters. The SMILES string of the molecule is CC(Sc1nc2ccccc2c(=O)n1-c1ccc(OC(F)F)cc1)c1nnnn1-c1ccccc1. The monoisotopic (exact) mass is 492 g/mol. The molecule has 176 valence electrons. The van der Waals surface area contributed by atoms with Crippen LogP contribution in [0.3, 0.4) is 0 Å². The van der Waals surface area contributed by atoms with Crippen molar-refractivity contribution in [3.63, 3.8) is 0 Å². The van der Waals surface area contributed by atoms with E-state index in [-0.39, 0.29) is 16.6 Å². The summed E-state index contributed by atoms with van der Waals surface area (Å²) in [5.41, 5.74) is 1.53. The molecular weight excluding hydrogens is 474 g/mol. The van der Waals surface area contributed by atoms with Gasteiger partial charge < -0.3 is 4.74 Å². The van der Waals surface area contributed by atoms with Crippen LogP contribution >= 0.6 is 11.8 Å². The molecule has 0 N–H and O–H groups in total. The third-order valence-electron chi connectivity index (χ3n) is 5.21. The first-order valence-corrected chi connectivity index (χ1v) is 11.5. The maximum Gasteiger partial charge on any atom is 0.387 e. The molecule has 0 aliphatic carbocycles. The van der Waals surface area contributed by atoms with Crippen molar-refractivity contribution in [2.75, 3.05) is 0 Å². The van der Waals surface area contributed by atoms with Gasteiger partial charge in [0, 0.05) is 0 Å². The number of alkyl halides is 2. The van der Waals surface area contributed by atoms with Crippen LogP contribution in [0.25, 0.3) is 22.3 Å². The van der Waals surface area contributed by atoms with Gasteiger partial charge >= 0.3 is 6.61 Å². The molecule has 2 heterocycles. The summed E-state index contributed by atoms with van der Waals surface area (Å²) in [4.78, 5) is 18.2.